The van der Waals surface area contributed by atoms with Crippen LogP contribution in [0.5, 0.6) is 0 Å². The zero-order valence-corrected chi connectivity index (χ0v) is 12.6. The first-order valence-corrected chi connectivity index (χ1v) is 7.42. The van der Waals surface area contributed by atoms with Gasteiger partial charge in [-0.05, 0) is 24.5 Å². The summed E-state index contributed by atoms with van der Waals surface area (Å²) in [5.41, 5.74) is 6.63. The molecule has 0 saturated carbocycles. The summed E-state index contributed by atoms with van der Waals surface area (Å²) in [6, 6.07) is 9.46. The van der Waals surface area contributed by atoms with E-state index in [2.05, 4.69) is 31.3 Å². The Morgan fingerprint density at radius 1 is 1.30 bits per heavy atom. The summed E-state index contributed by atoms with van der Waals surface area (Å²) in [7, 11) is 0. The van der Waals surface area contributed by atoms with Crippen LogP contribution in [-0.4, -0.2) is 11.9 Å². The zero-order valence-electron chi connectivity index (χ0n) is 12.6. The van der Waals surface area contributed by atoms with E-state index in [1.807, 2.05) is 24.3 Å². The second kappa shape index (κ2) is 9.32. The zero-order chi connectivity index (χ0) is 14.8. The number of hydrogen-bond acceptors (Lipinski definition) is 2. The fourth-order valence-corrected chi connectivity index (χ4v) is 2.06. The van der Waals surface area contributed by atoms with Crippen molar-refractivity contribution in [1.82, 2.24) is 10.9 Å². The number of hydrogen-bond donors (Lipinski definition) is 2. The van der Waals surface area contributed by atoms with E-state index in [4.69, 9.17) is 0 Å². The van der Waals surface area contributed by atoms with Crippen molar-refractivity contribution in [1.29, 1.82) is 0 Å². The molecule has 0 radical (unpaired) electrons. The Kier molecular flexibility index (Phi) is 7.66. The van der Waals surface area contributed by atoms with Gasteiger partial charge in [-0.15, -0.1) is 6.58 Å². The van der Waals surface area contributed by atoms with E-state index in [1.54, 1.807) is 12.1 Å². The summed E-state index contributed by atoms with van der Waals surface area (Å²) < 4.78 is 0. The van der Waals surface area contributed by atoms with Gasteiger partial charge in [0.05, 0.1) is 0 Å². The monoisotopic (exact) mass is 274 g/mol. The van der Waals surface area contributed by atoms with Crippen molar-refractivity contribution in [2.24, 2.45) is 5.92 Å². The molecule has 110 valence electrons. The van der Waals surface area contributed by atoms with Gasteiger partial charge < -0.3 is 0 Å². The standard InChI is InChI=1S/C17H26N2O/c1-4-6-8-13-16(14(3)5-2)18-19-17(20)15-11-9-7-10-12-15/h5,7,9-12,14,16,18H,2,4,6,8,13H2,1,3H3,(H,19,20)/t14-,16+/m0/s1. The molecule has 0 heterocycles. The molecule has 2 N–H and O–H groups in total. The summed E-state index contributed by atoms with van der Waals surface area (Å²) in [5, 5.41) is 0. The smallest absolute Gasteiger partial charge is 0.265 e. The Morgan fingerprint density at radius 2 is 2.00 bits per heavy atom. The lowest BCUT2D eigenvalue weighted by Crippen LogP contribution is -2.46. The quantitative estimate of drug-likeness (QED) is 0.409. The van der Waals surface area contributed by atoms with E-state index < -0.39 is 0 Å². The lowest BCUT2D eigenvalue weighted by molar-refractivity contribution is 0.0919. The second-order valence-electron chi connectivity index (χ2n) is 5.16. The minimum Gasteiger partial charge on any atom is -0.287 e. The maximum absolute atomic E-state index is 12.0. The van der Waals surface area contributed by atoms with Gasteiger partial charge in [0.2, 0.25) is 0 Å². The highest BCUT2D eigenvalue weighted by Crippen LogP contribution is 2.12. The van der Waals surface area contributed by atoms with Crippen LogP contribution in [0, 0.1) is 5.92 Å². The number of benzene rings is 1. The third kappa shape index (κ3) is 5.57. The maximum atomic E-state index is 12.0. The average molecular weight is 274 g/mol. The molecule has 0 saturated heterocycles. The molecule has 0 unspecified atom stereocenters. The van der Waals surface area contributed by atoms with Crippen LogP contribution in [0.1, 0.15) is 49.9 Å². The van der Waals surface area contributed by atoms with Gasteiger partial charge in [-0.2, -0.15) is 0 Å². The molecular formula is C17H26N2O. The van der Waals surface area contributed by atoms with Crippen LogP contribution in [0.2, 0.25) is 0 Å². The SMILES string of the molecule is C=C[C@H](C)[C@@H](CCCCC)NNC(=O)c1ccccc1. The summed E-state index contributed by atoms with van der Waals surface area (Å²) in [5.74, 6) is 0.227. The van der Waals surface area contributed by atoms with Crippen LogP contribution in [0.3, 0.4) is 0 Å². The van der Waals surface area contributed by atoms with Crippen LogP contribution in [0.15, 0.2) is 43.0 Å². The molecule has 0 aliphatic rings. The van der Waals surface area contributed by atoms with E-state index in [1.165, 1.54) is 12.8 Å². The number of hydrazine groups is 1. The molecule has 0 spiro atoms. The summed E-state index contributed by atoms with van der Waals surface area (Å²) in [6.07, 6.45) is 6.54. The van der Waals surface area contributed by atoms with E-state index in [-0.39, 0.29) is 11.9 Å². The van der Waals surface area contributed by atoms with E-state index in [0.29, 0.717) is 11.5 Å². The predicted molar refractivity (Wildman–Crippen MR) is 84.3 cm³/mol. The van der Waals surface area contributed by atoms with Crippen molar-refractivity contribution < 1.29 is 4.79 Å². The molecular weight excluding hydrogens is 248 g/mol. The highest BCUT2D eigenvalue weighted by Gasteiger charge is 2.15. The third-order valence-corrected chi connectivity index (χ3v) is 3.53. The molecule has 1 aromatic rings. The van der Waals surface area contributed by atoms with Gasteiger partial charge in [0, 0.05) is 11.6 Å². The van der Waals surface area contributed by atoms with E-state index >= 15 is 0 Å². The van der Waals surface area contributed by atoms with Crippen LogP contribution < -0.4 is 10.9 Å². The Hall–Kier alpha value is -1.61. The largest absolute Gasteiger partial charge is 0.287 e. The first-order chi connectivity index (χ1) is 9.69. The fraction of sp³-hybridized carbons (Fsp3) is 0.471. The fourth-order valence-electron chi connectivity index (χ4n) is 2.06. The molecule has 20 heavy (non-hydrogen) atoms. The lowest BCUT2D eigenvalue weighted by atomic mass is 9.97. The van der Waals surface area contributed by atoms with Crippen LogP contribution in [-0.2, 0) is 0 Å². The average Bonchev–Trinajstić information content (AvgIpc) is 2.50. The number of carbonyl (C=O) groups is 1. The van der Waals surface area contributed by atoms with Gasteiger partial charge in [-0.3, -0.25) is 10.2 Å². The van der Waals surface area contributed by atoms with Gasteiger partial charge in [0.25, 0.3) is 5.91 Å². The normalized spacial score (nSPS) is 13.5. The van der Waals surface area contributed by atoms with E-state index in [9.17, 15) is 4.79 Å². The highest BCUT2D eigenvalue weighted by molar-refractivity contribution is 5.93. The number of carbonyl (C=O) groups excluding carboxylic acids is 1. The molecule has 1 rings (SSSR count). The molecule has 0 fully saturated rings. The van der Waals surface area contributed by atoms with Crippen molar-refractivity contribution >= 4 is 5.91 Å². The molecule has 2 atom stereocenters. The van der Waals surface area contributed by atoms with Gasteiger partial charge >= 0.3 is 0 Å². The first-order valence-electron chi connectivity index (χ1n) is 7.42. The molecule has 0 aliphatic carbocycles. The van der Waals surface area contributed by atoms with Gasteiger partial charge in [0.15, 0.2) is 0 Å². The summed E-state index contributed by atoms with van der Waals surface area (Å²) in [4.78, 5) is 12.0. The summed E-state index contributed by atoms with van der Waals surface area (Å²) in [6.45, 7) is 8.15. The molecule has 3 nitrogen and oxygen atoms in total. The van der Waals surface area contributed by atoms with Crippen LogP contribution in [0.25, 0.3) is 0 Å². The van der Waals surface area contributed by atoms with Crippen molar-refractivity contribution in [3.8, 4) is 0 Å². The van der Waals surface area contributed by atoms with Gasteiger partial charge in [0.1, 0.15) is 0 Å². The summed E-state index contributed by atoms with van der Waals surface area (Å²) >= 11 is 0. The number of amides is 1. The van der Waals surface area contributed by atoms with Crippen LogP contribution >= 0.6 is 0 Å². The third-order valence-electron chi connectivity index (χ3n) is 3.53. The van der Waals surface area contributed by atoms with Crippen molar-refractivity contribution in [3.63, 3.8) is 0 Å². The molecule has 1 aromatic carbocycles. The Bertz CT molecular complexity index is 403. The number of nitrogens with one attached hydrogen (secondary N) is 2. The van der Waals surface area contributed by atoms with Crippen molar-refractivity contribution in [2.45, 2.75) is 45.6 Å². The number of unbranched alkanes of at least 4 members (excludes halogenated alkanes) is 2. The highest BCUT2D eigenvalue weighted by atomic mass is 16.2. The predicted octanol–water partition coefficient (Wildman–Crippen LogP) is 3.69. The maximum Gasteiger partial charge on any atom is 0.265 e. The Morgan fingerprint density at radius 3 is 2.60 bits per heavy atom. The topological polar surface area (TPSA) is 41.1 Å². The lowest BCUT2D eigenvalue weighted by Gasteiger charge is -2.23. The van der Waals surface area contributed by atoms with E-state index in [0.717, 1.165) is 12.8 Å². The molecule has 3 heteroatoms. The molecule has 0 aromatic heterocycles. The van der Waals surface area contributed by atoms with Gasteiger partial charge in [-0.25, -0.2) is 5.43 Å². The number of rotatable bonds is 9. The minimum absolute atomic E-state index is 0.0950. The second-order valence-corrected chi connectivity index (χ2v) is 5.16. The van der Waals surface area contributed by atoms with Crippen molar-refractivity contribution in [3.05, 3.63) is 48.6 Å². The van der Waals surface area contributed by atoms with Crippen LogP contribution in [0.4, 0.5) is 0 Å². The molecule has 0 bridgehead atoms. The Balaban J connectivity index is 2.48. The van der Waals surface area contributed by atoms with Crippen molar-refractivity contribution in [2.75, 3.05) is 0 Å². The van der Waals surface area contributed by atoms with Gasteiger partial charge in [-0.1, -0.05) is 57.4 Å². The Labute approximate surface area is 122 Å². The first kappa shape index (κ1) is 16.4. The minimum atomic E-state index is -0.0950. The molecule has 1 amide bonds. The molecule has 0 aliphatic heterocycles.